The normalized spacial score (nSPS) is 18.6. The number of nitrogens with one attached hydrogen (secondary N) is 1. The largest absolute Gasteiger partial charge is 0.381 e. The number of hydrogen-bond donors (Lipinski definition) is 1. The Morgan fingerprint density at radius 1 is 1.19 bits per heavy atom. The van der Waals surface area contributed by atoms with Crippen LogP contribution in [-0.4, -0.2) is 71.0 Å². The predicted molar refractivity (Wildman–Crippen MR) is 144 cm³/mol. The average Bonchev–Trinajstić information content (AvgIpc) is 3.23. The Balaban J connectivity index is 1.22. The minimum absolute atomic E-state index is 0.0140. The molecule has 1 saturated heterocycles. The van der Waals surface area contributed by atoms with Gasteiger partial charge in [0.1, 0.15) is 6.54 Å². The highest BCUT2D eigenvalue weighted by atomic mass is 35.5. The summed E-state index contributed by atoms with van der Waals surface area (Å²) in [5.41, 5.74) is 2.85. The quantitative estimate of drug-likeness (QED) is 0.534. The van der Waals surface area contributed by atoms with Crippen molar-refractivity contribution in [1.29, 1.82) is 0 Å². The van der Waals surface area contributed by atoms with E-state index in [1.165, 1.54) is 32.1 Å². The summed E-state index contributed by atoms with van der Waals surface area (Å²) in [5.74, 6) is 1.10. The van der Waals surface area contributed by atoms with Crippen molar-refractivity contribution in [3.63, 3.8) is 0 Å². The Kier molecular flexibility index (Phi) is 8.25. The Morgan fingerprint density at radius 3 is 2.76 bits per heavy atom. The number of fused-ring (bicyclic) bond motifs is 1. The molecule has 0 atom stereocenters. The van der Waals surface area contributed by atoms with E-state index in [1.807, 2.05) is 25.2 Å². The zero-order valence-electron chi connectivity index (χ0n) is 21.5. The molecule has 0 unspecified atom stereocenters. The third-order valence-electron chi connectivity index (χ3n) is 7.91. The number of hydrogen-bond acceptors (Lipinski definition) is 6. The molecule has 198 valence electrons. The summed E-state index contributed by atoms with van der Waals surface area (Å²) in [5, 5.41) is 3.80. The number of anilines is 1. The summed E-state index contributed by atoms with van der Waals surface area (Å²) >= 11 is 6.46. The van der Waals surface area contributed by atoms with E-state index in [4.69, 9.17) is 16.3 Å². The highest BCUT2D eigenvalue weighted by Gasteiger charge is 2.30. The number of carbonyl (C=O) groups is 2. The Morgan fingerprint density at radius 2 is 1.97 bits per heavy atom. The second kappa shape index (κ2) is 11.8. The smallest absolute Gasteiger partial charge is 0.254 e. The number of amides is 2. The van der Waals surface area contributed by atoms with Crippen LogP contribution in [0, 0.1) is 5.92 Å². The van der Waals surface area contributed by atoms with Crippen molar-refractivity contribution >= 4 is 29.4 Å². The molecule has 0 bridgehead atoms. The molecule has 0 radical (unpaired) electrons. The van der Waals surface area contributed by atoms with Gasteiger partial charge in [-0.15, -0.1) is 0 Å². The Labute approximate surface area is 223 Å². The maximum atomic E-state index is 13.2. The SMILES string of the molecule is CN(CCC1CCCCC1)C(=O)CN1Cc2ccc(-c3nc(NC4CCOCC4)ncc3Cl)cc2C1=O. The molecule has 3 aliphatic rings. The molecule has 2 amide bonds. The van der Waals surface area contributed by atoms with Gasteiger partial charge in [0, 0.05) is 50.5 Å². The summed E-state index contributed by atoms with van der Waals surface area (Å²) in [6.07, 6.45) is 10.9. The lowest BCUT2D eigenvalue weighted by Crippen LogP contribution is -2.39. The first-order valence-electron chi connectivity index (χ1n) is 13.5. The molecule has 2 aromatic rings. The molecule has 1 aromatic carbocycles. The van der Waals surface area contributed by atoms with Crippen LogP contribution in [0.2, 0.25) is 5.02 Å². The third kappa shape index (κ3) is 6.24. The van der Waals surface area contributed by atoms with Crippen molar-refractivity contribution in [2.45, 2.75) is 64.0 Å². The molecule has 1 saturated carbocycles. The zero-order valence-corrected chi connectivity index (χ0v) is 22.3. The average molecular weight is 526 g/mol. The van der Waals surface area contributed by atoms with Gasteiger partial charge in [-0.1, -0.05) is 55.8 Å². The van der Waals surface area contributed by atoms with Gasteiger partial charge >= 0.3 is 0 Å². The molecule has 1 aromatic heterocycles. The number of aromatic nitrogens is 2. The molecule has 1 aliphatic carbocycles. The standard InChI is InChI=1S/C28H36ClN5O3/c1-33(12-9-19-5-3-2-4-6-19)25(35)18-34-17-21-8-7-20(15-23(21)27(34)36)26-24(29)16-30-28(32-26)31-22-10-13-37-14-11-22/h7-8,15-16,19,22H,2-6,9-14,17-18H2,1H3,(H,30,31,32). The van der Waals surface area contributed by atoms with Crippen LogP contribution in [0.1, 0.15) is 67.3 Å². The molecule has 1 N–H and O–H groups in total. The van der Waals surface area contributed by atoms with E-state index in [9.17, 15) is 9.59 Å². The highest BCUT2D eigenvalue weighted by Crippen LogP contribution is 2.32. The molecule has 0 spiro atoms. The van der Waals surface area contributed by atoms with Crippen molar-refractivity contribution < 1.29 is 14.3 Å². The van der Waals surface area contributed by atoms with Crippen molar-refractivity contribution in [1.82, 2.24) is 19.8 Å². The minimum Gasteiger partial charge on any atom is -0.381 e. The number of benzene rings is 1. The van der Waals surface area contributed by atoms with Gasteiger partial charge in [-0.2, -0.15) is 0 Å². The molecule has 2 fully saturated rings. The molecule has 8 nitrogen and oxygen atoms in total. The van der Waals surface area contributed by atoms with E-state index in [0.29, 0.717) is 28.8 Å². The van der Waals surface area contributed by atoms with Gasteiger partial charge in [-0.3, -0.25) is 9.59 Å². The molecule has 9 heteroatoms. The summed E-state index contributed by atoms with van der Waals surface area (Å²) in [6.45, 7) is 2.72. The van der Waals surface area contributed by atoms with Gasteiger partial charge in [0.25, 0.3) is 5.91 Å². The fraction of sp³-hybridized carbons (Fsp3) is 0.571. The van der Waals surface area contributed by atoms with Gasteiger partial charge in [0.15, 0.2) is 0 Å². The van der Waals surface area contributed by atoms with E-state index in [-0.39, 0.29) is 24.4 Å². The van der Waals surface area contributed by atoms with Crippen molar-refractivity contribution in [2.75, 3.05) is 38.7 Å². The number of likely N-dealkylation sites (N-methyl/N-ethyl adjacent to an activating group) is 1. The van der Waals surface area contributed by atoms with Gasteiger partial charge in [-0.25, -0.2) is 9.97 Å². The molecular weight excluding hydrogens is 490 g/mol. The van der Waals surface area contributed by atoms with E-state index in [1.54, 1.807) is 16.0 Å². The van der Waals surface area contributed by atoms with E-state index in [0.717, 1.165) is 56.1 Å². The molecule has 3 heterocycles. The Hall–Kier alpha value is -2.71. The molecular formula is C28H36ClN5O3. The monoisotopic (exact) mass is 525 g/mol. The van der Waals surface area contributed by atoms with Crippen molar-refractivity contribution in [3.05, 3.63) is 40.5 Å². The van der Waals surface area contributed by atoms with Crippen LogP contribution in [0.25, 0.3) is 11.3 Å². The van der Waals surface area contributed by atoms with Gasteiger partial charge in [0.05, 0.1) is 16.9 Å². The van der Waals surface area contributed by atoms with Crippen molar-refractivity contribution in [2.24, 2.45) is 5.92 Å². The van der Waals surface area contributed by atoms with Gasteiger partial charge < -0.3 is 19.9 Å². The third-order valence-corrected chi connectivity index (χ3v) is 8.19. The molecule has 2 aliphatic heterocycles. The van der Waals surface area contributed by atoms with Crippen molar-refractivity contribution in [3.8, 4) is 11.3 Å². The molecule has 5 rings (SSSR count). The number of ether oxygens (including phenoxy) is 1. The maximum Gasteiger partial charge on any atom is 0.254 e. The predicted octanol–water partition coefficient (Wildman–Crippen LogP) is 4.77. The summed E-state index contributed by atoms with van der Waals surface area (Å²) in [6, 6.07) is 5.96. The van der Waals surface area contributed by atoms with Crippen LogP contribution in [0.3, 0.4) is 0 Å². The van der Waals surface area contributed by atoms with E-state index in [2.05, 4.69) is 15.3 Å². The Bertz CT molecular complexity index is 1130. The lowest BCUT2D eigenvalue weighted by atomic mass is 9.87. The zero-order chi connectivity index (χ0) is 25.8. The lowest BCUT2D eigenvalue weighted by Gasteiger charge is -2.26. The van der Waals surface area contributed by atoms with Crippen LogP contribution in [0.15, 0.2) is 24.4 Å². The van der Waals surface area contributed by atoms with Crippen LogP contribution >= 0.6 is 11.6 Å². The topological polar surface area (TPSA) is 87.7 Å². The maximum absolute atomic E-state index is 13.2. The van der Waals surface area contributed by atoms with Gasteiger partial charge in [0.2, 0.25) is 11.9 Å². The number of halogens is 1. The number of nitrogens with zero attached hydrogens (tertiary/aromatic N) is 4. The number of carbonyl (C=O) groups excluding carboxylic acids is 2. The fourth-order valence-corrected chi connectivity index (χ4v) is 5.76. The second-order valence-corrected chi connectivity index (χ2v) is 11.0. The summed E-state index contributed by atoms with van der Waals surface area (Å²) in [4.78, 5) is 38.5. The van der Waals surface area contributed by atoms with Crippen LogP contribution < -0.4 is 5.32 Å². The van der Waals surface area contributed by atoms with E-state index >= 15 is 0 Å². The molecule has 37 heavy (non-hydrogen) atoms. The number of rotatable bonds is 8. The van der Waals surface area contributed by atoms with Gasteiger partial charge in [-0.05, 0) is 36.8 Å². The highest BCUT2D eigenvalue weighted by molar-refractivity contribution is 6.33. The lowest BCUT2D eigenvalue weighted by molar-refractivity contribution is -0.130. The first-order valence-corrected chi connectivity index (χ1v) is 13.9. The summed E-state index contributed by atoms with van der Waals surface area (Å²) < 4.78 is 5.42. The first kappa shape index (κ1) is 25.9. The minimum atomic E-state index is -0.128. The second-order valence-electron chi connectivity index (χ2n) is 10.6. The first-order chi connectivity index (χ1) is 18.0. The van der Waals surface area contributed by atoms with Crippen LogP contribution in [-0.2, 0) is 16.1 Å². The van der Waals surface area contributed by atoms with Crippen LogP contribution in [0.5, 0.6) is 0 Å². The van der Waals surface area contributed by atoms with Crippen LogP contribution in [0.4, 0.5) is 5.95 Å². The summed E-state index contributed by atoms with van der Waals surface area (Å²) in [7, 11) is 1.85. The van der Waals surface area contributed by atoms with E-state index < -0.39 is 0 Å². The fourth-order valence-electron chi connectivity index (χ4n) is 5.56.